The van der Waals surface area contributed by atoms with E-state index in [4.69, 9.17) is 11.6 Å². The van der Waals surface area contributed by atoms with Crippen LogP contribution in [0.1, 0.15) is 28.4 Å². The van der Waals surface area contributed by atoms with Crippen LogP contribution in [-0.2, 0) is 5.75 Å². The largest absolute Gasteiger partial charge is 0.271 e. The standard InChI is InChI=1S/C22H19ClN2OS/c1-16(18-5-3-2-4-6-18)24-25-22(26)19-9-7-17(8-10-19)15-27-21-13-11-20(23)12-14-21/h2-14H,15H2,1H3,(H,25,26)/b24-16-. The highest BCUT2D eigenvalue weighted by Gasteiger charge is 2.05. The molecule has 1 N–H and O–H groups in total. The number of benzene rings is 3. The van der Waals surface area contributed by atoms with Gasteiger partial charge in [-0.1, -0.05) is 54.1 Å². The number of rotatable bonds is 6. The molecule has 1 amide bonds. The predicted octanol–water partition coefficient (Wildman–Crippen LogP) is 5.79. The second kappa shape index (κ2) is 9.40. The maximum Gasteiger partial charge on any atom is 0.271 e. The van der Waals surface area contributed by atoms with Crippen LogP contribution in [0.5, 0.6) is 0 Å². The van der Waals surface area contributed by atoms with E-state index >= 15 is 0 Å². The normalized spacial score (nSPS) is 11.3. The molecule has 0 radical (unpaired) electrons. The SMILES string of the molecule is C/C(=N/NC(=O)c1ccc(CSc2ccc(Cl)cc2)cc1)c1ccccc1. The van der Waals surface area contributed by atoms with E-state index in [1.807, 2.05) is 85.8 Å². The molecule has 5 heteroatoms. The van der Waals surface area contributed by atoms with Crippen molar-refractivity contribution in [2.24, 2.45) is 5.10 Å². The minimum Gasteiger partial charge on any atom is -0.267 e. The Hall–Kier alpha value is -2.56. The number of halogens is 1. The Bertz CT molecular complexity index is 923. The molecule has 0 heterocycles. The van der Waals surface area contributed by atoms with Crippen LogP contribution in [0.2, 0.25) is 5.02 Å². The van der Waals surface area contributed by atoms with Gasteiger partial charge < -0.3 is 0 Å². The molecular formula is C22H19ClN2OS. The van der Waals surface area contributed by atoms with Crippen molar-refractivity contribution in [3.05, 3.63) is 101 Å². The first-order valence-electron chi connectivity index (χ1n) is 8.49. The molecule has 27 heavy (non-hydrogen) atoms. The highest BCUT2D eigenvalue weighted by Crippen LogP contribution is 2.24. The lowest BCUT2D eigenvalue weighted by molar-refractivity contribution is 0.0955. The van der Waals surface area contributed by atoms with Gasteiger partial charge in [-0.15, -0.1) is 11.8 Å². The van der Waals surface area contributed by atoms with Gasteiger partial charge >= 0.3 is 0 Å². The fraction of sp³-hybridized carbons (Fsp3) is 0.0909. The number of nitrogens with one attached hydrogen (secondary N) is 1. The summed E-state index contributed by atoms with van der Waals surface area (Å²) < 4.78 is 0. The highest BCUT2D eigenvalue weighted by molar-refractivity contribution is 7.98. The molecule has 0 aliphatic heterocycles. The third-order valence-corrected chi connectivity index (χ3v) is 5.29. The van der Waals surface area contributed by atoms with Crippen molar-refractivity contribution in [2.75, 3.05) is 0 Å². The molecule has 0 saturated carbocycles. The molecule has 136 valence electrons. The summed E-state index contributed by atoms with van der Waals surface area (Å²) in [6, 6.07) is 25.1. The number of carbonyl (C=O) groups is 1. The van der Waals surface area contributed by atoms with Gasteiger partial charge in [0.1, 0.15) is 0 Å². The first kappa shape index (κ1) is 19.2. The first-order valence-corrected chi connectivity index (χ1v) is 9.85. The summed E-state index contributed by atoms with van der Waals surface area (Å²) in [6.07, 6.45) is 0. The lowest BCUT2D eigenvalue weighted by Crippen LogP contribution is -2.19. The van der Waals surface area contributed by atoms with Crippen LogP contribution in [0, 0.1) is 0 Å². The van der Waals surface area contributed by atoms with E-state index < -0.39 is 0 Å². The summed E-state index contributed by atoms with van der Waals surface area (Å²) in [5, 5.41) is 4.91. The van der Waals surface area contributed by atoms with E-state index in [0.29, 0.717) is 5.56 Å². The van der Waals surface area contributed by atoms with Crippen LogP contribution in [0.3, 0.4) is 0 Å². The van der Waals surface area contributed by atoms with Crippen molar-refractivity contribution in [3.63, 3.8) is 0 Å². The van der Waals surface area contributed by atoms with E-state index in [0.717, 1.165) is 32.5 Å². The number of thioether (sulfide) groups is 1. The average Bonchev–Trinajstić information content (AvgIpc) is 2.72. The molecule has 3 nitrogen and oxygen atoms in total. The summed E-state index contributed by atoms with van der Waals surface area (Å²) in [6.45, 7) is 1.87. The van der Waals surface area contributed by atoms with E-state index in [1.54, 1.807) is 11.8 Å². The van der Waals surface area contributed by atoms with E-state index in [-0.39, 0.29) is 5.91 Å². The van der Waals surface area contributed by atoms with Gasteiger partial charge in [-0.25, -0.2) is 5.43 Å². The average molecular weight is 395 g/mol. The van der Waals surface area contributed by atoms with E-state index in [1.165, 1.54) is 0 Å². The van der Waals surface area contributed by atoms with Gasteiger partial charge in [0.05, 0.1) is 5.71 Å². The quantitative estimate of drug-likeness (QED) is 0.327. The van der Waals surface area contributed by atoms with Crippen LogP contribution in [0.25, 0.3) is 0 Å². The van der Waals surface area contributed by atoms with Gasteiger partial charge in [-0.05, 0) is 54.4 Å². The zero-order valence-electron chi connectivity index (χ0n) is 14.9. The molecule has 3 aromatic carbocycles. The Balaban J connectivity index is 1.56. The third-order valence-electron chi connectivity index (χ3n) is 3.95. The van der Waals surface area contributed by atoms with Crippen molar-refractivity contribution in [2.45, 2.75) is 17.6 Å². The molecule has 0 saturated heterocycles. The number of hydrazone groups is 1. The van der Waals surface area contributed by atoms with Gasteiger partial charge in [0.2, 0.25) is 0 Å². The topological polar surface area (TPSA) is 41.5 Å². The number of hydrogen-bond acceptors (Lipinski definition) is 3. The lowest BCUT2D eigenvalue weighted by atomic mass is 10.1. The molecule has 3 aromatic rings. The second-order valence-corrected chi connectivity index (χ2v) is 7.43. The van der Waals surface area contributed by atoms with Crippen molar-refractivity contribution >= 4 is 35.0 Å². The molecule has 0 unspecified atom stereocenters. The molecular weight excluding hydrogens is 376 g/mol. The van der Waals surface area contributed by atoms with Gasteiger partial charge in [-0.2, -0.15) is 5.10 Å². The first-order chi connectivity index (χ1) is 13.1. The molecule has 0 atom stereocenters. The molecule has 0 aromatic heterocycles. The summed E-state index contributed by atoms with van der Waals surface area (Å²) >= 11 is 7.63. The van der Waals surface area contributed by atoms with Crippen molar-refractivity contribution in [1.29, 1.82) is 0 Å². The minimum atomic E-state index is -0.220. The zero-order chi connectivity index (χ0) is 19.1. The zero-order valence-corrected chi connectivity index (χ0v) is 16.4. The summed E-state index contributed by atoms with van der Waals surface area (Å²) in [5.41, 5.74) is 6.09. The van der Waals surface area contributed by atoms with E-state index in [2.05, 4.69) is 10.5 Å². The number of amides is 1. The molecule has 0 bridgehead atoms. The molecule has 0 spiro atoms. The number of hydrogen-bond donors (Lipinski definition) is 1. The van der Waals surface area contributed by atoms with Crippen molar-refractivity contribution in [3.8, 4) is 0 Å². The van der Waals surface area contributed by atoms with Crippen LogP contribution in [-0.4, -0.2) is 11.6 Å². The summed E-state index contributed by atoms with van der Waals surface area (Å²) in [7, 11) is 0. The van der Waals surface area contributed by atoms with Crippen LogP contribution >= 0.6 is 23.4 Å². The predicted molar refractivity (Wildman–Crippen MR) is 114 cm³/mol. The monoisotopic (exact) mass is 394 g/mol. The maximum atomic E-state index is 12.3. The Morgan fingerprint density at radius 3 is 2.26 bits per heavy atom. The lowest BCUT2D eigenvalue weighted by Gasteiger charge is -2.05. The number of nitrogens with zero attached hydrogens (tertiary/aromatic N) is 1. The number of carbonyl (C=O) groups excluding carboxylic acids is 1. The Morgan fingerprint density at radius 1 is 0.926 bits per heavy atom. The van der Waals surface area contributed by atoms with Crippen LogP contribution < -0.4 is 5.43 Å². The molecule has 0 fully saturated rings. The molecule has 0 aliphatic carbocycles. The fourth-order valence-electron chi connectivity index (χ4n) is 2.39. The highest BCUT2D eigenvalue weighted by atomic mass is 35.5. The van der Waals surface area contributed by atoms with Gasteiger partial charge in [0.25, 0.3) is 5.91 Å². The smallest absolute Gasteiger partial charge is 0.267 e. The van der Waals surface area contributed by atoms with Crippen LogP contribution in [0.15, 0.2) is 88.9 Å². The Kier molecular flexibility index (Phi) is 6.69. The van der Waals surface area contributed by atoms with Crippen molar-refractivity contribution < 1.29 is 4.79 Å². The summed E-state index contributed by atoms with van der Waals surface area (Å²) in [5.74, 6) is 0.608. The molecule has 0 aliphatic rings. The van der Waals surface area contributed by atoms with Gasteiger partial charge in [-0.3, -0.25) is 4.79 Å². The minimum absolute atomic E-state index is 0.220. The maximum absolute atomic E-state index is 12.3. The fourth-order valence-corrected chi connectivity index (χ4v) is 3.37. The summed E-state index contributed by atoms with van der Waals surface area (Å²) in [4.78, 5) is 13.4. The van der Waals surface area contributed by atoms with Gasteiger partial charge in [0.15, 0.2) is 0 Å². The Morgan fingerprint density at radius 2 is 1.59 bits per heavy atom. The second-order valence-electron chi connectivity index (χ2n) is 5.94. The van der Waals surface area contributed by atoms with E-state index in [9.17, 15) is 4.79 Å². The molecule has 3 rings (SSSR count). The van der Waals surface area contributed by atoms with Gasteiger partial charge in [0, 0.05) is 21.2 Å². The third kappa shape index (κ3) is 5.71. The van der Waals surface area contributed by atoms with Crippen LogP contribution in [0.4, 0.5) is 0 Å². The Labute approximate surface area is 168 Å². The van der Waals surface area contributed by atoms with Crippen molar-refractivity contribution in [1.82, 2.24) is 5.43 Å².